The van der Waals surface area contributed by atoms with Crippen molar-refractivity contribution in [1.29, 1.82) is 0 Å². The van der Waals surface area contributed by atoms with Crippen LogP contribution in [-0.2, 0) is 0 Å². The van der Waals surface area contributed by atoms with Crippen molar-refractivity contribution < 1.29 is 35.8 Å². The first-order valence-electron chi connectivity index (χ1n) is 15.5. The maximum atomic E-state index is 14.1. The Morgan fingerprint density at radius 2 is 0.766 bits per heavy atom. The van der Waals surface area contributed by atoms with Crippen LogP contribution in [0.15, 0.2) is 84.9 Å². The van der Waals surface area contributed by atoms with Gasteiger partial charge in [-0.05, 0) is 105 Å². The molecule has 0 radical (unpaired) electrons. The standard InChI is InChI=1S/C39H28F6O2/c40-30-18-26(19-31(41)38(30)44)22-6-10-28-24(16-22)8-12-34-36(28)37-29-11-7-23(27-20-32(42)39(45)33(43)21-27)17-25(29)9-13-35(37)47-15-5-3-1-2-4-14-46-34/h6-13,16-21H,1-5,14-15H2. The van der Waals surface area contributed by atoms with E-state index in [0.717, 1.165) is 89.0 Å². The Morgan fingerprint density at radius 3 is 1.17 bits per heavy atom. The predicted molar refractivity (Wildman–Crippen MR) is 172 cm³/mol. The molecule has 0 N–H and O–H groups in total. The van der Waals surface area contributed by atoms with Crippen LogP contribution in [0.4, 0.5) is 26.3 Å². The van der Waals surface area contributed by atoms with Gasteiger partial charge in [0, 0.05) is 11.1 Å². The molecular weight excluding hydrogens is 614 g/mol. The first kappa shape index (κ1) is 30.7. The predicted octanol–water partition coefficient (Wildman–Crippen LogP) is 11.6. The number of fused-ring (bicyclic) bond motifs is 7. The molecule has 0 saturated heterocycles. The summed E-state index contributed by atoms with van der Waals surface area (Å²) < 4.78 is 96.7. The van der Waals surface area contributed by atoms with E-state index >= 15 is 0 Å². The third-order valence-electron chi connectivity index (χ3n) is 8.65. The van der Waals surface area contributed by atoms with E-state index in [4.69, 9.17) is 9.47 Å². The quantitative estimate of drug-likeness (QED) is 0.138. The minimum atomic E-state index is -1.52. The zero-order valence-electron chi connectivity index (χ0n) is 25.1. The van der Waals surface area contributed by atoms with E-state index in [1.165, 1.54) is 0 Å². The lowest BCUT2D eigenvalue weighted by Crippen LogP contribution is -2.01. The maximum absolute atomic E-state index is 14.1. The van der Waals surface area contributed by atoms with Gasteiger partial charge >= 0.3 is 0 Å². The van der Waals surface area contributed by atoms with E-state index < -0.39 is 34.9 Å². The smallest absolute Gasteiger partial charge is 0.194 e. The van der Waals surface area contributed by atoms with E-state index in [9.17, 15) is 26.3 Å². The number of hydrogen-bond donors (Lipinski definition) is 0. The normalized spacial score (nSPS) is 13.9. The fraction of sp³-hybridized carbons (Fsp3) is 0.179. The molecule has 6 aromatic rings. The molecule has 0 amide bonds. The van der Waals surface area contributed by atoms with E-state index in [2.05, 4.69) is 0 Å². The Bertz CT molecular complexity index is 1960. The van der Waals surface area contributed by atoms with E-state index in [-0.39, 0.29) is 11.1 Å². The van der Waals surface area contributed by atoms with Gasteiger partial charge in [0.05, 0.1) is 13.2 Å². The van der Waals surface area contributed by atoms with Crippen molar-refractivity contribution in [2.24, 2.45) is 0 Å². The molecular formula is C39H28F6O2. The van der Waals surface area contributed by atoms with Crippen LogP contribution in [0.2, 0.25) is 0 Å². The summed E-state index contributed by atoms with van der Waals surface area (Å²) in [5.74, 6) is -6.91. The summed E-state index contributed by atoms with van der Waals surface area (Å²) in [6, 6.07) is 22.0. The van der Waals surface area contributed by atoms with Gasteiger partial charge in [0.15, 0.2) is 34.9 Å². The van der Waals surface area contributed by atoms with Crippen LogP contribution in [0.3, 0.4) is 0 Å². The van der Waals surface area contributed by atoms with Crippen molar-refractivity contribution in [2.45, 2.75) is 32.1 Å². The summed E-state index contributed by atoms with van der Waals surface area (Å²) in [4.78, 5) is 0. The second-order valence-electron chi connectivity index (χ2n) is 11.7. The highest BCUT2D eigenvalue weighted by atomic mass is 19.2. The molecule has 1 aliphatic rings. The van der Waals surface area contributed by atoms with Crippen molar-refractivity contribution in [3.63, 3.8) is 0 Å². The number of halogens is 6. The van der Waals surface area contributed by atoms with Crippen LogP contribution >= 0.6 is 0 Å². The number of hydrogen-bond acceptors (Lipinski definition) is 2. The molecule has 0 aliphatic carbocycles. The molecule has 1 heterocycles. The number of rotatable bonds is 2. The Kier molecular flexibility index (Phi) is 8.26. The van der Waals surface area contributed by atoms with Gasteiger partial charge in [0.2, 0.25) is 0 Å². The van der Waals surface area contributed by atoms with Crippen molar-refractivity contribution in [1.82, 2.24) is 0 Å². The van der Waals surface area contributed by atoms with Crippen LogP contribution in [0.25, 0.3) is 54.9 Å². The van der Waals surface area contributed by atoms with Crippen LogP contribution in [0.5, 0.6) is 11.5 Å². The maximum Gasteiger partial charge on any atom is 0.194 e. The van der Waals surface area contributed by atoms with Crippen LogP contribution in [0, 0.1) is 34.9 Å². The third kappa shape index (κ3) is 5.88. The number of ether oxygens (including phenoxy) is 2. The molecule has 0 spiro atoms. The molecule has 0 unspecified atom stereocenters. The largest absolute Gasteiger partial charge is 0.493 e. The van der Waals surface area contributed by atoms with E-state index in [1.807, 2.05) is 36.4 Å². The van der Waals surface area contributed by atoms with Gasteiger partial charge in [-0.1, -0.05) is 55.7 Å². The zero-order chi connectivity index (χ0) is 32.7. The molecule has 238 valence electrons. The van der Waals surface area contributed by atoms with Crippen LogP contribution in [0.1, 0.15) is 32.1 Å². The first-order valence-corrected chi connectivity index (χ1v) is 15.5. The summed E-state index contributed by atoms with van der Waals surface area (Å²) in [6.45, 7) is 0.995. The average Bonchev–Trinajstić information content (AvgIpc) is 3.09. The monoisotopic (exact) mass is 642 g/mol. The lowest BCUT2D eigenvalue weighted by molar-refractivity contribution is 0.298. The number of benzene rings is 6. The minimum absolute atomic E-state index is 0.193. The molecule has 0 saturated carbocycles. The zero-order valence-corrected chi connectivity index (χ0v) is 25.1. The molecule has 0 bridgehead atoms. The van der Waals surface area contributed by atoms with Crippen molar-refractivity contribution in [3.8, 4) is 44.9 Å². The molecule has 2 nitrogen and oxygen atoms in total. The molecule has 47 heavy (non-hydrogen) atoms. The summed E-state index contributed by atoms with van der Waals surface area (Å²) in [5.41, 5.74) is 2.88. The van der Waals surface area contributed by atoms with Gasteiger partial charge in [0.25, 0.3) is 0 Å². The van der Waals surface area contributed by atoms with Gasteiger partial charge < -0.3 is 9.47 Å². The molecule has 1 aliphatic heterocycles. The Labute approximate surface area is 267 Å². The summed E-state index contributed by atoms with van der Waals surface area (Å²) >= 11 is 0. The fourth-order valence-corrected chi connectivity index (χ4v) is 6.28. The molecule has 6 aromatic carbocycles. The summed E-state index contributed by atoms with van der Waals surface area (Å²) in [6.07, 6.45) is 4.83. The Morgan fingerprint density at radius 1 is 0.383 bits per heavy atom. The SMILES string of the molecule is Fc1cc(-c2ccc3c4c(ccc3c2)OCCCCCCCOc2ccc3cc(-c5cc(F)c(F)c(F)c5)ccc3c2-4)cc(F)c1F. The minimum Gasteiger partial charge on any atom is -0.493 e. The highest BCUT2D eigenvalue weighted by Crippen LogP contribution is 2.47. The molecule has 0 aromatic heterocycles. The van der Waals surface area contributed by atoms with Crippen molar-refractivity contribution in [2.75, 3.05) is 13.2 Å². The van der Waals surface area contributed by atoms with Gasteiger partial charge in [-0.15, -0.1) is 0 Å². The molecule has 0 fully saturated rings. The summed E-state index contributed by atoms with van der Waals surface area (Å²) in [5, 5.41) is 3.06. The highest BCUT2D eigenvalue weighted by Gasteiger charge is 2.21. The van der Waals surface area contributed by atoms with Gasteiger partial charge in [-0.3, -0.25) is 0 Å². The molecule has 7 rings (SSSR count). The molecule has 0 atom stereocenters. The van der Waals surface area contributed by atoms with Gasteiger partial charge in [0.1, 0.15) is 11.5 Å². The third-order valence-corrected chi connectivity index (χ3v) is 8.65. The topological polar surface area (TPSA) is 18.5 Å². The second-order valence-corrected chi connectivity index (χ2v) is 11.7. The Hall–Kier alpha value is -4.98. The van der Waals surface area contributed by atoms with E-state index in [1.54, 1.807) is 24.3 Å². The lowest BCUT2D eigenvalue weighted by Gasteiger charge is -2.20. The van der Waals surface area contributed by atoms with Crippen LogP contribution in [-0.4, -0.2) is 13.2 Å². The van der Waals surface area contributed by atoms with E-state index in [0.29, 0.717) is 35.8 Å². The average molecular weight is 643 g/mol. The van der Waals surface area contributed by atoms with Crippen molar-refractivity contribution >= 4 is 21.5 Å². The van der Waals surface area contributed by atoms with Crippen molar-refractivity contribution in [3.05, 3.63) is 120 Å². The molecule has 8 heteroatoms. The van der Waals surface area contributed by atoms with Crippen LogP contribution < -0.4 is 9.47 Å². The highest BCUT2D eigenvalue weighted by molar-refractivity contribution is 6.11. The Balaban J connectivity index is 1.45. The first-order chi connectivity index (χ1) is 22.8. The van der Waals surface area contributed by atoms with Gasteiger partial charge in [-0.2, -0.15) is 0 Å². The second kappa shape index (κ2) is 12.7. The lowest BCUT2D eigenvalue weighted by atomic mass is 9.90. The van der Waals surface area contributed by atoms with Gasteiger partial charge in [-0.25, -0.2) is 26.3 Å². The summed E-state index contributed by atoms with van der Waals surface area (Å²) in [7, 11) is 0. The fourth-order valence-electron chi connectivity index (χ4n) is 6.28.